The fourth-order valence-corrected chi connectivity index (χ4v) is 3.04. The molecule has 1 saturated heterocycles. The van der Waals surface area contributed by atoms with E-state index in [9.17, 15) is 4.79 Å². The highest BCUT2D eigenvalue weighted by molar-refractivity contribution is 5.93. The Balaban J connectivity index is 1.91. The molecule has 5 nitrogen and oxygen atoms in total. The van der Waals surface area contributed by atoms with E-state index in [1.54, 1.807) is 20.4 Å². The summed E-state index contributed by atoms with van der Waals surface area (Å²) in [6, 6.07) is 9.45. The van der Waals surface area contributed by atoms with E-state index in [2.05, 4.69) is 4.98 Å². The van der Waals surface area contributed by atoms with E-state index in [0.29, 0.717) is 5.69 Å². The molecule has 0 spiro atoms. The van der Waals surface area contributed by atoms with E-state index >= 15 is 0 Å². The first-order valence-corrected chi connectivity index (χ1v) is 7.41. The van der Waals surface area contributed by atoms with Gasteiger partial charge in [0.1, 0.15) is 17.2 Å². The van der Waals surface area contributed by atoms with Crippen LogP contribution in [0.15, 0.2) is 36.5 Å². The largest absolute Gasteiger partial charge is 0.497 e. The fraction of sp³-hybridized carbons (Fsp3) is 0.353. The molecule has 116 valence electrons. The smallest absolute Gasteiger partial charge is 0.270 e. The van der Waals surface area contributed by atoms with Crippen LogP contribution >= 0.6 is 0 Å². The number of likely N-dealkylation sites (tertiary alicyclic amines) is 1. The Morgan fingerprint density at radius 3 is 2.82 bits per heavy atom. The van der Waals surface area contributed by atoms with Gasteiger partial charge in [-0.15, -0.1) is 0 Å². The van der Waals surface area contributed by atoms with Crippen molar-refractivity contribution in [3.8, 4) is 11.5 Å². The molecule has 1 fully saturated rings. The van der Waals surface area contributed by atoms with Gasteiger partial charge in [0.25, 0.3) is 5.91 Å². The monoisotopic (exact) mass is 300 g/mol. The standard InChI is InChI=1S/C17H20N2O3/c1-21-12-7-8-13(16(11-12)22-2)15-6-4-10-19(15)17(20)14-5-3-9-18-14/h3,5,7-9,11,15,18H,4,6,10H2,1-2H3. The number of nitrogens with one attached hydrogen (secondary N) is 1. The normalized spacial score (nSPS) is 17.5. The van der Waals surface area contributed by atoms with Gasteiger partial charge in [0.2, 0.25) is 0 Å². The first-order chi connectivity index (χ1) is 10.7. The van der Waals surface area contributed by atoms with Gasteiger partial charge >= 0.3 is 0 Å². The molecule has 5 heteroatoms. The molecule has 0 saturated carbocycles. The summed E-state index contributed by atoms with van der Waals surface area (Å²) >= 11 is 0. The quantitative estimate of drug-likeness (QED) is 0.944. The van der Waals surface area contributed by atoms with Crippen LogP contribution in [0.4, 0.5) is 0 Å². The number of H-pyrrole nitrogens is 1. The van der Waals surface area contributed by atoms with Crippen molar-refractivity contribution < 1.29 is 14.3 Å². The second-order valence-corrected chi connectivity index (χ2v) is 5.35. The molecule has 1 N–H and O–H groups in total. The number of hydrogen-bond donors (Lipinski definition) is 1. The average molecular weight is 300 g/mol. The van der Waals surface area contributed by atoms with Crippen molar-refractivity contribution in [2.45, 2.75) is 18.9 Å². The van der Waals surface area contributed by atoms with Gasteiger partial charge in [0, 0.05) is 24.4 Å². The number of aromatic amines is 1. The maximum atomic E-state index is 12.6. The van der Waals surface area contributed by atoms with Crippen molar-refractivity contribution >= 4 is 5.91 Å². The molecule has 0 bridgehead atoms. The molecular formula is C17H20N2O3. The van der Waals surface area contributed by atoms with Crippen molar-refractivity contribution in [1.29, 1.82) is 0 Å². The van der Waals surface area contributed by atoms with E-state index in [1.807, 2.05) is 35.2 Å². The summed E-state index contributed by atoms with van der Waals surface area (Å²) in [7, 11) is 3.27. The van der Waals surface area contributed by atoms with Gasteiger partial charge in [-0.3, -0.25) is 4.79 Å². The Bertz CT molecular complexity index is 652. The van der Waals surface area contributed by atoms with E-state index in [0.717, 1.165) is 36.4 Å². The van der Waals surface area contributed by atoms with Crippen LogP contribution in [0, 0.1) is 0 Å². The van der Waals surface area contributed by atoms with Crippen molar-refractivity contribution in [2.24, 2.45) is 0 Å². The molecule has 1 aromatic carbocycles. The minimum atomic E-state index is 0.0328. The van der Waals surface area contributed by atoms with E-state index in [1.165, 1.54) is 0 Å². The van der Waals surface area contributed by atoms with Gasteiger partial charge < -0.3 is 19.4 Å². The molecule has 1 unspecified atom stereocenters. The third kappa shape index (κ3) is 2.54. The zero-order chi connectivity index (χ0) is 15.5. The van der Waals surface area contributed by atoms with Crippen LogP contribution in [-0.4, -0.2) is 36.6 Å². The summed E-state index contributed by atoms with van der Waals surface area (Å²) in [4.78, 5) is 17.5. The lowest BCUT2D eigenvalue weighted by Gasteiger charge is -2.26. The van der Waals surface area contributed by atoms with E-state index < -0.39 is 0 Å². The Kier molecular flexibility index (Phi) is 4.04. The molecule has 0 radical (unpaired) electrons. The fourth-order valence-electron chi connectivity index (χ4n) is 3.04. The summed E-state index contributed by atoms with van der Waals surface area (Å²) in [5, 5.41) is 0. The Morgan fingerprint density at radius 1 is 1.27 bits per heavy atom. The highest BCUT2D eigenvalue weighted by Gasteiger charge is 2.32. The lowest BCUT2D eigenvalue weighted by atomic mass is 10.0. The topological polar surface area (TPSA) is 54.6 Å². The van der Waals surface area contributed by atoms with Crippen LogP contribution in [-0.2, 0) is 0 Å². The number of rotatable bonds is 4. The highest BCUT2D eigenvalue weighted by atomic mass is 16.5. The number of carbonyl (C=O) groups excluding carboxylic acids is 1. The minimum absolute atomic E-state index is 0.0328. The van der Waals surface area contributed by atoms with Crippen molar-refractivity contribution in [3.05, 3.63) is 47.8 Å². The number of carbonyl (C=O) groups is 1. The molecule has 1 aliphatic heterocycles. The third-order valence-electron chi connectivity index (χ3n) is 4.14. The first-order valence-electron chi connectivity index (χ1n) is 7.41. The Morgan fingerprint density at radius 2 is 2.14 bits per heavy atom. The molecule has 1 amide bonds. The number of aromatic nitrogens is 1. The maximum absolute atomic E-state index is 12.6. The zero-order valence-electron chi connectivity index (χ0n) is 12.8. The lowest BCUT2D eigenvalue weighted by Crippen LogP contribution is -2.31. The molecule has 1 aliphatic rings. The number of methoxy groups -OCH3 is 2. The zero-order valence-corrected chi connectivity index (χ0v) is 12.8. The summed E-state index contributed by atoms with van der Waals surface area (Å²) in [5.74, 6) is 1.54. The summed E-state index contributed by atoms with van der Waals surface area (Å²) < 4.78 is 10.7. The highest BCUT2D eigenvalue weighted by Crippen LogP contribution is 2.39. The van der Waals surface area contributed by atoms with Gasteiger partial charge in [-0.1, -0.05) is 0 Å². The predicted octanol–water partition coefficient (Wildman–Crippen LogP) is 3.01. The number of benzene rings is 1. The van der Waals surface area contributed by atoms with Gasteiger partial charge in [-0.25, -0.2) is 0 Å². The molecule has 2 aromatic rings. The average Bonchev–Trinajstić information content (AvgIpc) is 3.24. The second kappa shape index (κ2) is 6.13. The molecule has 0 aliphatic carbocycles. The maximum Gasteiger partial charge on any atom is 0.270 e. The van der Waals surface area contributed by atoms with E-state index in [-0.39, 0.29) is 11.9 Å². The molecule has 1 atom stereocenters. The van der Waals surface area contributed by atoms with Gasteiger partial charge in [0.05, 0.1) is 20.3 Å². The van der Waals surface area contributed by atoms with Crippen LogP contribution in [0.2, 0.25) is 0 Å². The third-order valence-corrected chi connectivity index (χ3v) is 4.14. The summed E-state index contributed by atoms with van der Waals surface area (Å²) in [5.41, 5.74) is 1.65. The van der Waals surface area contributed by atoms with Crippen molar-refractivity contribution in [3.63, 3.8) is 0 Å². The van der Waals surface area contributed by atoms with Crippen LogP contribution < -0.4 is 9.47 Å². The van der Waals surface area contributed by atoms with E-state index in [4.69, 9.17) is 9.47 Å². The van der Waals surface area contributed by atoms with Crippen molar-refractivity contribution in [1.82, 2.24) is 9.88 Å². The van der Waals surface area contributed by atoms with Gasteiger partial charge in [0.15, 0.2) is 0 Å². The van der Waals surface area contributed by atoms with Crippen LogP contribution in [0.5, 0.6) is 11.5 Å². The lowest BCUT2D eigenvalue weighted by molar-refractivity contribution is 0.0729. The predicted molar refractivity (Wildman–Crippen MR) is 83.4 cm³/mol. The van der Waals surface area contributed by atoms with Gasteiger partial charge in [-0.05, 0) is 37.1 Å². The molecule has 1 aromatic heterocycles. The van der Waals surface area contributed by atoms with Crippen molar-refractivity contribution in [2.75, 3.05) is 20.8 Å². The minimum Gasteiger partial charge on any atom is -0.497 e. The Labute approximate surface area is 129 Å². The number of nitrogens with zero attached hydrogens (tertiary/aromatic N) is 1. The number of amides is 1. The molecule has 22 heavy (non-hydrogen) atoms. The van der Waals surface area contributed by atoms with Crippen LogP contribution in [0.3, 0.4) is 0 Å². The summed E-state index contributed by atoms with van der Waals surface area (Å²) in [6.45, 7) is 0.762. The molecular weight excluding hydrogens is 280 g/mol. The summed E-state index contributed by atoms with van der Waals surface area (Å²) in [6.07, 6.45) is 3.70. The Hall–Kier alpha value is -2.43. The molecule has 3 rings (SSSR count). The van der Waals surface area contributed by atoms with Crippen LogP contribution in [0.1, 0.15) is 34.9 Å². The second-order valence-electron chi connectivity index (χ2n) is 5.35. The number of ether oxygens (including phenoxy) is 2. The number of hydrogen-bond acceptors (Lipinski definition) is 3. The molecule has 2 heterocycles. The van der Waals surface area contributed by atoms with Crippen LogP contribution in [0.25, 0.3) is 0 Å². The van der Waals surface area contributed by atoms with Gasteiger partial charge in [-0.2, -0.15) is 0 Å². The first kappa shape index (κ1) is 14.5. The SMILES string of the molecule is COc1ccc(C2CCCN2C(=O)c2ccc[nH]2)c(OC)c1.